The average Bonchev–Trinajstić information content (AvgIpc) is 3.02. The number of nitrogens with one attached hydrogen (secondary N) is 2. The minimum absolute atomic E-state index is 0.0325. The Kier molecular flexibility index (Phi) is 11.0. The number of hydrogen-bond acceptors (Lipinski definition) is 6. The van der Waals surface area contributed by atoms with Crippen molar-refractivity contribution in [3.63, 3.8) is 0 Å². The number of rotatable bonds is 13. The second-order valence-corrected chi connectivity index (χ2v) is 10.5. The molecule has 4 rings (SSSR count). The molecule has 1 heterocycles. The van der Waals surface area contributed by atoms with E-state index in [1.807, 2.05) is 48.5 Å². The molecule has 3 aromatic rings. The summed E-state index contributed by atoms with van der Waals surface area (Å²) >= 11 is 0. The molecular weight excluding hydrogens is 516 g/mol. The summed E-state index contributed by atoms with van der Waals surface area (Å²) in [7, 11) is 0. The lowest BCUT2D eigenvalue weighted by Crippen LogP contribution is -2.50. The van der Waals surface area contributed by atoms with E-state index >= 15 is 0 Å². The van der Waals surface area contributed by atoms with E-state index in [1.165, 1.54) is 5.56 Å². The minimum atomic E-state index is -0.972. The SMILES string of the molecule is C[C@H](Nc1ccc(C(=O)N2CCOCC2)cc1)C(=O)C(CCCc1ccccc1)[C@H](N)C(=O)NCc1ccccc1. The first-order valence-electron chi connectivity index (χ1n) is 14.3. The van der Waals surface area contributed by atoms with Crippen molar-refractivity contribution in [2.45, 2.75) is 44.8 Å². The van der Waals surface area contributed by atoms with E-state index in [-0.39, 0.29) is 17.6 Å². The normalized spacial score (nSPS) is 15.4. The Labute approximate surface area is 242 Å². The van der Waals surface area contributed by atoms with Crippen molar-refractivity contribution in [2.24, 2.45) is 11.7 Å². The number of ether oxygens (including phenoxy) is 1. The van der Waals surface area contributed by atoms with Gasteiger partial charge >= 0.3 is 0 Å². The molecule has 8 nitrogen and oxygen atoms in total. The lowest BCUT2D eigenvalue weighted by Gasteiger charge is -2.27. The number of carbonyl (C=O) groups excluding carboxylic acids is 3. The minimum Gasteiger partial charge on any atom is -0.378 e. The van der Waals surface area contributed by atoms with Gasteiger partial charge in [0, 0.05) is 36.8 Å². The van der Waals surface area contributed by atoms with Crippen LogP contribution in [-0.2, 0) is 27.3 Å². The van der Waals surface area contributed by atoms with Gasteiger partial charge in [-0.15, -0.1) is 0 Å². The van der Waals surface area contributed by atoms with E-state index in [4.69, 9.17) is 10.5 Å². The summed E-state index contributed by atoms with van der Waals surface area (Å²) in [5.74, 6) is -1.15. The molecular formula is C33H40N4O4. The summed E-state index contributed by atoms with van der Waals surface area (Å²) in [5.41, 5.74) is 9.90. The van der Waals surface area contributed by atoms with Gasteiger partial charge in [-0.25, -0.2) is 0 Å². The predicted octanol–water partition coefficient (Wildman–Crippen LogP) is 3.81. The fraction of sp³-hybridized carbons (Fsp3) is 0.364. The third-order valence-electron chi connectivity index (χ3n) is 7.47. The molecule has 0 saturated carbocycles. The highest BCUT2D eigenvalue weighted by molar-refractivity contribution is 5.96. The standard InChI is InChI=1S/C33H40N4O4/c1-24(36-28-17-15-27(16-18-28)33(40)37-19-21-41-22-20-37)31(38)29(14-8-13-25-9-4-2-5-10-25)30(34)32(39)35-23-26-11-6-3-7-12-26/h2-7,9-12,15-18,24,29-30,36H,8,13-14,19-23,34H2,1H3,(H,35,39)/t24-,29?,30-/m0/s1. The van der Waals surface area contributed by atoms with E-state index in [1.54, 1.807) is 36.1 Å². The Balaban J connectivity index is 1.39. The molecule has 216 valence electrons. The van der Waals surface area contributed by atoms with Gasteiger partial charge in [0.15, 0.2) is 5.78 Å². The number of benzene rings is 3. The Hall–Kier alpha value is -4.01. The Morgan fingerprint density at radius 2 is 1.49 bits per heavy atom. The maximum absolute atomic E-state index is 13.7. The molecule has 0 radical (unpaired) electrons. The summed E-state index contributed by atoms with van der Waals surface area (Å²) < 4.78 is 5.33. The first kappa shape index (κ1) is 30.0. The Bertz CT molecular complexity index is 1260. The van der Waals surface area contributed by atoms with Crippen molar-refractivity contribution in [2.75, 3.05) is 31.6 Å². The molecule has 0 aliphatic carbocycles. The number of hydrogen-bond donors (Lipinski definition) is 3. The van der Waals surface area contributed by atoms with Crippen molar-refractivity contribution in [3.05, 3.63) is 102 Å². The number of Topliss-reactive ketones (excluding diaryl/α,β-unsaturated/α-hetero) is 1. The molecule has 1 aliphatic heterocycles. The van der Waals surface area contributed by atoms with E-state index in [2.05, 4.69) is 22.8 Å². The van der Waals surface area contributed by atoms with Crippen molar-refractivity contribution in [1.29, 1.82) is 0 Å². The van der Waals surface area contributed by atoms with Crippen molar-refractivity contribution in [3.8, 4) is 0 Å². The summed E-state index contributed by atoms with van der Waals surface area (Å²) in [6.45, 7) is 4.38. The van der Waals surface area contributed by atoms with Gasteiger partial charge < -0.3 is 26.0 Å². The second-order valence-electron chi connectivity index (χ2n) is 10.5. The summed E-state index contributed by atoms with van der Waals surface area (Å²) in [6, 6.07) is 25.2. The molecule has 1 saturated heterocycles. The number of ketones is 1. The molecule has 1 fully saturated rings. The van der Waals surface area contributed by atoms with E-state index in [0.717, 1.165) is 24.1 Å². The van der Waals surface area contributed by atoms with Crippen LogP contribution in [0.4, 0.5) is 5.69 Å². The number of carbonyl (C=O) groups is 3. The molecule has 3 atom stereocenters. The zero-order valence-corrected chi connectivity index (χ0v) is 23.6. The average molecular weight is 557 g/mol. The van der Waals surface area contributed by atoms with E-state index in [0.29, 0.717) is 44.8 Å². The zero-order chi connectivity index (χ0) is 29.0. The molecule has 0 aromatic heterocycles. The fourth-order valence-electron chi connectivity index (χ4n) is 5.06. The van der Waals surface area contributed by atoms with Gasteiger partial charge in [-0.3, -0.25) is 14.4 Å². The van der Waals surface area contributed by atoms with Crippen LogP contribution in [0.15, 0.2) is 84.9 Å². The van der Waals surface area contributed by atoms with Crippen molar-refractivity contribution < 1.29 is 19.1 Å². The van der Waals surface area contributed by atoms with Gasteiger partial charge in [0.05, 0.1) is 25.3 Å². The van der Waals surface area contributed by atoms with Crippen LogP contribution < -0.4 is 16.4 Å². The molecule has 8 heteroatoms. The van der Waals surface area contributed by atoms with Gasteiger partial charge in [0.25, 0.3) is 5.91 Å². The van der Waals surface area contributed by atoms with E-state index in [9.17, 15) is 14.4 Å². The maximum Gasteiger partial charge on any atom is 0.254 e. The topological polar surface area (TPSA) is 114 Å². The molecule has 41 heavy (non-hydrogen) atoms. The molecule has 2 amide bonds. The van der Waals surface area contributed by atoms with Crippen LogP contribution in [0.1, 0.15) is 41.3 Å². The fourth-order valence-corrected chi connectivity index (χ4v) is 5.06. The number of nitrogens with zero attached hydrogens (tertiary/aromatic N) is 1. The van der Waals surface area contributed by atoms with Crippen LogP contribution in [0.3, 0.4) is 0 Å². The van der Waals surface area contributed by atoms with Crippen LogP contribution >= 0.6 is 0 Å². The summed E-state index contributed by atoms with van der Waals surface area (Å²) in [6.07, 6.45) is 2.02. The quantitative estimate of drug-likeness (QED) is 0.295. The van der Waals surface area contributed by atoms with Gasteiger partial charge in [0.2, 0.25) is 5.91 Å². The van der Waals surface area contributed by atoms with Crippen LogP contribution in [0, 0.1) is 5.92 Å². The lowest BCUT2D eigenvalue weighted by molar-refractivity contribution is -0.131. The molecule has 3 aromatic carbocycles. The molecule has 1 aliphatic rings. The van der Waals surface area contributed by atoms with E-state index < -0.39 is 18.0 Å². The highest BCUT2D eigenvalue weighted by Gasteiger charge is 2.33. The first-order valence-corrected chi connectivity index (χ1v) is 14.3. The van der Waals surface area contributed by atoms with Crippen molar-refractivity contribution >= 4 is 23.3 Å². The van der Waals surface area contributed by atoms with Crippen LogP contribution in [-0.4, -0.2) is 60.9 Å². The van der Waals surface area contributed by atoms with Gasteiger partial charge in [0.1, 0.15) is 0 Å². The highest BCUT2D eigenvalue weighted by atomic mass is 16.5. The van der Waals surface area contributed by atoms with Crippen LogP contribution in [0.25, 0.3) is 0 Å². The third kappa shape index (κ3) is 8.74. The third-order valence-corrected chi connectivity index (χ3v) is 7.47. The Morgan fingerprint density at radius 1 is 0.878 bits per heavy atom. The smallest absolute Gasteiger partial charge is 0.254 e. The number of nitrogens with two attached hydrogens (primary N) is 1. The molecule has 1 unspecified atom stereocenters. The number of anilines is 1. The maximum atomic E-state index is 13.7. The lowest BCUT2D eigenvalue weighted by atomic mass is 9.86. The zero-order valence-electron chi connectivity index (χ0n) is 23.6. The molecule has 0 bridgehead atoms. The molecule has 0 spiro atoms. The summed E-state index contributed by atoms with van der Waals surface area (Å²) in [5, 5.41) is 6.14. The second kappa shape index (κ2) is 15.1. The number of aryl methyl sites for hydroxylation is 1. The van der Waals surface area contributed by atoms with Crippen LogP contribution in [0.5, 0.6) is 0 Å². The number of morpholine rings is 1. The largest absolute Gasteiger partial charge is 0.378 e. The van der Waals surface area contributed by atoms with Crippen LogP contribution in [0.2, 0.25) is 0 Å². The number of amides is 2. The molecule has 4 N–H and O–H groups in total. The van der Waals surface area contributed by atoms with Crippen molar-refractivity contribution in [1.82, 2.24) is 10.2 Å². The van der Waals surface area contributed by atoms with Gasteiger partial charge in [-0.2, -0.15) is 0 Å². The predicted molar refractivity (Wildman–Crippen MR) is 160 cm³/mol. The first-order chi connectivity index (χ1) is 19.9. The summed E-state index contributed by atoms with van der Waals surface area (Å²) in [4.78, 5) is 41.3. The monoisotopic (exact) mass is 556 g/mol. The highest BCUT2D eigenvalue weighted by Crippen LogP contribution is 2.20. The Morgan fingerprint density at radius 3 is 2.12 bits per heavy atom. The van der Waals surface area contributed by atoms with Gasteiger partial charge in [-0.1, -0.05) is 60.7 Å². The van der Waals surface area contributed by atoms with Gasteiger partial charge in [-0.05, 0) is 61.6 Å².